The van der Waals surface area contributed by atoms with E-state index in [0.29, 0.717) is 6.54 Å². The van der Waals surface area contributed by atoms with E-state index in [4.69, 9.17) is 0 Å². The first-order chi connectivity index (χ1) is 7.44. The zero-order valence-corrected chi connectivity index (χ0v) is 11.7. The summed E-state index contributed by atoms with van der Waals surface area (Å²) in [5, 5.41) is 2.50. The molecular weight excluding hydrogens is 224 g/mol. The quantitative estimate of drug-likeness (QED) is 0.609. The molecule has 0 fully saturated rings. The first-order valence-electron chi connectivity index (χ1n) is 6.09. The van der Waals surface area contributed by atoms with Crippen LogP contribution < -0.4 is 10.0 Å². The van der Waals surface area contributed by atoms with Gasteiger partial charge < -0.3 is 5.32 Å². The van der Waals surface area contributed by atoms with Gasteiger partial charge in [-0.15, -0.1) is 0 Å². The summed E-state index contributed by atoms with van der Waals surface area (Å²) in [6.07, 6.45) is 4.33. The van der Waals surface area contributed by atoms with Gasteiger partial charge in [0.15, 0.2) is 0 Å². The van der Waals surface area contributed by atoms with Crippen LogP contribution in [0.25, 0.3) is 0 Å². The predicted octanol–water partition coefficient (Wildman–Crippen LogP) is 1.48. The largest absolute Gasteiger partial charge is 0.318 e. The van der Waals surface area contributed by atoms with Gasteiger partial charge in [0.05, 0.1) is 5.25 Å². The summed E-state index contributed by atoms with van der Waals surface area (Å²) in [5.74, 6) is 0. The number of sulfonamides is 1. The summed E-state index contributed by atoms with van der Waals surface area (Å²) < 4.78 is 26.4. The normalized spacial score (nSPS) is 16.0. The molecule has 2 N–H and O–H groups in total. The fourth-order valence-electron chi connectivity index (χ4n) is 1.55. The standard InChI is InChI=1S/C11H26N2O2S/c1-5-6-7-8-10(2)13-16(14,15)11(3)9-12-4/h10-13H,5-9H2,1-4H3. The van der Waals surface area contributed by atoms with Gasteiger partial charge in [-0.25, -0.2) is 13.1 Å². The van der Waals surface area contributed by atoms with Crippen LogP contribution in [-0.2, 0) is 10.0 Å². The van der Waals surface area contributed by atoms with Crippen molar-refractivity contribution >= 4 is 10.0 Å². The molecule has 2 atom stereocenters. The van der Waals surface area contributed by atoms with Crippen molar-refractivity contribution < 1.29 is 8.42 Å². The Morgan fingerprint density at radius 2 is 1.81 bits per heavy atom. The Hall–Kier alpha value is -0.130. The molecule has 0 aliphatic carbocycles. The van der Waals surface area contributed by atoms with Gasteiger partial charge in [0, 0.05) is 12.6 Å². The summed E-state index contributed by atoms with van der Waals surface area (Å²) in [6, 6.07) is 0.0378. The molecule has 0 amide bonds. The SMILES string of the molecule is CCCCCC(C)NS(=O)(=O)C(C)CNC. The molecule has 0 aliphatic rings. The van der Waals surface area contributed by atoms with Crippen molar-refractivity contribution in [1.29, 1.82) is 0 Å². The van der Waals surface area contributed by atoms with E-state index in [1.807, 2.05) is 6.92 Å². The van der Waals surface area contributed by atoms with Gasteiger partial charge >= 0.3 is 0 Å². The van der Waals surface area contributed by atoms with Gasteiger partial charge in [0.25, 0.3) is 0 Å². The molecule has 0 aromatic rings. The maximum atomic E-state index is 11.8. The van der Waals surface area contributed by atoms with Crippen LogP contribution in [0.3, 0.4) is 0 Å². The third kappa shape index (κ3) is 6.45. The van der Waals surface area contributed by atoms with E-state index in [0.717, 1.165) is 25.7 Å². The molecule has 5 heteroatoms. The third-order valence-electron chi connectivity index (χ3n) is 2.63. The maximum absolute atomic E-state index is 11.8. The molecule has 0 aromatic heterocycles. The number of nitrogens with one attached hydrogen (secondary N) is 2. The van der Waals surface area contributed by atoms with Crippen LogP contribution in [-0.4, -0.2) is 33.3 Å². The van der Waals surface area contributed by atoms with Crippen LogP contribution >= 0.6 is 0 Å². The maximum Gasteiger partial charge on any atom is 0.215 e. The number of hydrogen-bond donors (Lipinski definition) is 2. The lowest BCUT2D eigenvalue weighted by atomic mass is 10.1. The van der Waals surface area contributed by atoms with Crippen molar-refractivity contribution in [2.45, 2.75) is 57.7 Å². The Labute approximate surface area is 100 Å². The molecule has 4 nitrogen and oxygen atoms in total. The molecule has 16 heavy (non-hydrogen) atoms. The molecule has 0 heterocycles. The third-order valence-corrected chi connectivity index (χ3v) is 4.58. The summed E-state index contributed by atoms with van der Waals surface area (Å²) in [5.41, 5.74) is 0. The molecule has 0 saturated carbocycles. The van der Waals surface area contributed by atoms with Crippen molar-refractivity contribution in [3.8, 4) is 0 Å². The van der Waals surface area contributed by atoms with Crippen molar-refractivity contribution in [1.82, 2.24) is 10.0 Å². The minimum absolute atomic E-state index is 0.0378. The number of unbranched alkanes of at least 4 members (excludes halogenated alkanes) is 2. The summed E-state index contributed by atoms with van der Waals surface area (Å²) >= 11 is 0. The lowest BCUT2D eigenvalue weighted by Crippen LogP contribution is -2.42. The highest BCUT2D eigenvalue weighted by molar-refractivity contribution is 7.90. The van der Waals surface area contributed by atoms with Gasteiger partial charge in [-0.3, -0.25) is 0 Å². The van der Waals surface area contributed by atoms with E-state index in [1.165, 1.54) is 0 Å². The molecule has 0 rings (SSSR count). The van der Waals surface area contributed by atoms with E-state index in [9.17, 15) is 8.42 Å². The Kier molecular flexibility index (Phi) is 7.97. The molecule has 0 spiro atoms. The minimum atomic E-state index is -3.17. The zero-order valence-electron chi connectivity index (χ0n) is 10.9. The van der Waals surface area contributed by atoms with Crippen LogP contribution in [0.2, 0.25) is 0 Å². The van der Waals surface area contributed by atoms with Gasteiger partial charge in [0.2, 0.25) is 10.0 Å². The summed E-state index contributed by atoms with van der Waals surface area (Å²) in [7, 11) is -1.41. The van der Waals surface area contributed by atoms with E-state index in [2.05, 4.69) is 17.0 Å². The van der Waals surface area contributed by atoms with Crippen molar-refractivity contribution in [3.63, 3.8) is 0 Å². The molecule has 0 aliphatic heterocycles. The fraction of sp³-hybridized carbons (Fsp3) is 1.00. The second-order valence-corrected chi connectivity index (χ2v) is 6.56. The zero-order chi connectivity index (χ0) is 12.6. The topological polar surface area (TPSA) is 58.2 Å². The van der Waals surface area contributed by atoms with Gasteiger partial charge in [-0.05, 0) is 27.3 Å². The van der Waals surface area contributed by atoms with E-state index < -0.39 is 10.0 Å². The number of rotatable bonds is 9. The second-order valence-electron chi connectivity index (χ2n) is 4.43. The minimum Gasteiger partial charge on any atom is -0.318 e. The van der Waals surface area contributed by atoms with Crippen LogP contribution in [0.15, 0.2) is 0 Å². The van der Waals surface area contributed by atoms with E-state index in [-0.39, 0.29) is 11.3 Å². The molecule has 98 valence electrons. The fourth-order valence-corrected chi connectivity index (χ4v) is 2.85. The van der Waals surface area contributed by atoms with Gasteiger partial charge in [-0.2, -0.15) is 0 Å². The number of hydrogen-bond acceptors (Lipinski definition) is 3. The Morgan fingerprint density at radius 1 is 1.19 bits per heavy atom. The first kappa shape index (κ1) is 15.9. The molecule has 0 saturated heterocycles. The highest BCUT2D eigenvalue weighted by atomic mass is 32.2. The Morgan fingerprint density at radius 3 is 2.31 bits per heavy atom. The summed E-state index contributed by atoms with van der Waals surface area (Å²) in [4.78, 5) is 0. The molecule has 0 aromatic carbocycles. The Balaban J connectivity index is 4.04. The van der Waals surface area contributed by atoms with Crippen LogP contribution in [0.4, 0.5) is 0 Å². The molecule has 0 bridgehead atoms. The molecular formula is C11H26N2O2S. The van der Waals surface area contributed by atoms with E-state index in [1.54, 1.807) is 14.0 Å². The Bertz CT molecular complexity index is 265. The second kappa shape index (κ2) is 8.03. The predicted molar refractivity (Wildman–Crippen MR) is 69.0 cm³/mol. The highest BCUT2D eigenvalue weighted by Crippen LogP contribution is 2.06. The average molecular weight is 250 g/mol. The van der Waals surface area contributed by atoms with E-state index >= 15 is 0 Å². The lowest BCUT2D eigenvalue weighted by molar-refractivity contribution is 0.517. The van der Waals surface area contributed by atoms with Gasteiger partial charge in [-0.1, -0.05) is 26.2 Å². The van der Waals surface area contributed by atoms with Crippen LogP contribution in [0.1, 0.15) is 46.5 Å². The molecule has 0 radical (unpaired) electrons. The van der Waals surface area contributed by atoms with Crippen molar-refractivity contribution in [2.75, 3.05) is 13.6 Å². The highest BCUT2D eigenvalue weighted by Gasteiger charge is 2.21. The average Bonchev–Trinajstić information content (AvgIpc) is 2.17. The lowest BCUT2D eigenvalue weighted by Gasteiger charge is -2.18. The van der Waals surface area contributed by atoms with Crippen LogP contribution in [0.5, 0.6) is 0 Å². The van der Waals surface area contributed by atoms with Crippen molar-refractivity contribution in [3.05, 3.63) is 0 Å². The van der Waals surface area contributed by atoms with Gasteiger partial charge in [0.1, 0.15) is 0 Å². The summed E-state index contributed by atoms with van der Waals surface area (Å²) in [6.45, 7) is 6.28. The van der Waals surface area contributed by atoms with Crippen LogP contribution in [0, 0.1) is 0 Å². The first-order valence-corrected chi connectivity index (χ1v) is 7.64. The smallest absolute Gasteiger partial charge is 0.215 e. The molecule has 2 unspecified atom stereocenters. The van der Waals surface area contributed by atoms with Crippen molar-refractivity contribution in [2.24, 2.45) is 0 Å². The monoisotopic (exact) mass is 250 g/mol.